The second-order valence-electron chi connectivity index (χ2n) is 21.7. The number of nitrogens with zero attached hydrogens (tertiary/aromatic N) is 11. The van der Waals surface area contributed by atoms with E-state index in [4.69, 9.17) is 4.74 Å². The van der Waals surface area contributed by atoms with Gasteiger partial charge in [0.2, 0.25) is 21.8 Å². The van der Waals surface area contributed by atoms with Gasteiger partial charge in [0.1, 0.15) is 29.0 Å². The molecule has 436 valence electrons. The number of phenols is 2. The molecule has 20 nitrogen and oxygen atoms in total. The number of carbonyl (C=O) groups excluding carboxylic acids is 2. The number of hydrogen-bond acceptors (Lipinski definition) is 16. The predicted octanol–water partition coefficient (Wildman–Crippen LogP) is 7.95. The minimum Gasteiger partial charge on any atom is -0.508 e. The quantitative estimate of drug-likeness (QED) is 0.0681. The highest BCUT2D eigenvalue weighted by molar-refractivity contribution is 7.92. The molecule has 2 amide bonds. The minimum absolute atomic E-state index is 0.0326. The van der Waals surface area contributed by atoms with Gasteiger partial charge in [-0.1, -0.05) is 31.2 Å². The Bertz CT molecular complexity index is 3400. The Morgan fingerprint density at radius 1 is 0.793 bits per heavy atom. The highest BCUT2D eigenvalue weighted by Gasteiger charge is 2.39. The number of hydrogen-bond donors (Lipinski definition) is 4. The van der Waals surface area contributed by atoms with Crippen LogP contribution < -0.4 is 29.5 Å². The van der Waals surface area contributed by atoms with E-state index in [0.717, 1.165) is 107 Å². The monoisotopic (exact) mass is 1150 g/mol. The largest absolute Gasteiger partial charge is 0.508 e. The molecule has 1 atom stereocenters. The first-order valence-electron chi connectivity index (χ1n) is 27.9. The van der Waals surface area contributed by atoms with E-state index in [-0.39, 0.29) is 63.3 Å². The molecule has 24 heteroatoms. The van der Waals surface area contributed by atoms with Crippen molar-refractivity contribution in [1.82, 2.24) is 44.7 Å². The van der Waals surface area contributed by atoms with Gasteiger partial charge < -0.3 is 45.2 Å². The molecular weight excluding hydrogens is 1080 g/mol. The van der Waals surface area contributed by atoms with E-state index in [9.17, 15) is 41.4 Å². The number of anilines is 6. The molecule has 0 radical (unpaired) electrons. The van der Waals surface area contributed by atoms with Crippen LogP contribution in [0.15, 0.2) is 85.1 Å². The third-order valence-corrected chi connectivity index (χ3v) is 17.1. The number of para-hydroxylation sites is 1. The molecule has 6 aromatic rings. The number of likely N-dealkylation sites (tertiary alicyclic amines) is 1. The SMILES string of the molecule is CCOc1cc(N2CCC(CN3CCC(CN4CCN(Cc5ccc(-n6c(C(=O)NC(C)C(F)(F)F)nnc6-c6cc(CC)c(O)cc6O)cc5)CC4)CC3)CC2)ccc1Nc1ncc2c(n1)N(S(C)(=O)=O)c1ccccc1C(=O)N2C. The number of fused-ring (bicyclic) bond motifs is 2. The molecule has 0 aliphatic carbocycles. The fourth-order valence-corrected chi connectivity index (χ4v) is 12.4. The summed E-state index contributed by atoms with van der Waals surface area (Å²) in [6.07, 6.45) is 2.79. The Kier molecular flexibility index (Phi) is 17.0. The van der Waals surface area contributed by atoms with Gasteiger partial charge in [-0.05, 0) is 124 Å². The number of piperidine rings is 2. The zero-order valence-electron chi connectivity index (χ0n) is 46.7. The molecule has 10 rings (SSSR count). The molecule has 3 saturated heterocycles. The number of alkyl halides is 3. The number of phenolic OH excluding ortho intramolecular Hbond substituents is 2. The summed E-state index contributed by atoms with van der Waals surface area (Å²) in [6.45, 7) is 15.7. The van der Waals surface area contributed by atoms with Crippen LogP contribution in [0.2, 0.25) is 0 Å². The summed E-state index contributed by atoms with van der Waals surface area (Å²) in [6, 6.07) is 20.5. The number of rotatable bonds is 17. The van der Waals surface area contributed by atoms with Gasteiger partial charge in [0.25, 0.3) is 11.8 Å². The van der Waals surface area contributed by atoms with Gasteiger partial charge in [0.05, 0.1) is 41.6 Å². The van der Waals surface area contributed by atoms with Crippen molar-refractivity contribution in [2.45, 2.75) is 71.6 Å². The Hall–Kier alpha value is -7.54. The number of carbonyl (C=O) groups is 2. The Morgan fingerprint density at radius 3 is 2.10 bits per heavy atom. The molecule has 4 N–H and O–H groups in total. The zero-order valence-corrected chi connectivity index (χ0v) is 47.5. The predicted molar refractivity (Wildman–Crippen MR) is 307 cm³/mol. The zero-order chi connectivity index (χ0) is 58.0. The summed E-state index contributed by atoms with van der Waals surface area (Å²) < 4.78 is 75.5. The molecule has 0 saturated carbocycles. The Morgan fingerprint density at radius 2 is 1.44 bits per heavy atom. The van der Waals surface area contributed by atoms with Crippen LogP contribution in [0.4, 0.5) is 47.7 Å². The average Bonchev–Trinajstić information content (AvgIpc) is 3.96. The van der Waals surface area contributed by atoms with Gasteiger partial charge in [-0.3, -0.25) is 19.1 Å². The fraction of sp³-hybridized carbons (Fsp3) is 0.448. The number of nitrogens with one attached hydrogen (secondary N) is 2. The van der Waals surface area contributed by atoms with E-state index in [0.29, 0.717) is 54.1 Å². The van der Waals surface area contributed by atoms with E-state index < -0.39 is 28.1 Å². The van der Waals surface area contributed by atoms with Gasteiger partial charge in [-0.2, -0.15) is 18.2 Å². The first-order chi connectivity index (χ1) is 39.3. The maximum absolute atomic E-state index is 13.5. The van der Waals surface area contributed by atoms with Crippen molar-refractivity contribution in [1.29, 1.82) is 0 Å². The smallest absolute Gasteiger partial charge is 0.408 e. The van der Waals surface area contributed by atoms with E-state index >= 15 is 0 Å². The van der Waals surface area contributed by atoms with Gasteiger partial charge in [-0.15, -0.1) is 10.2 Å². The van der Waals surface area contributed by atoms with Gasteiger partial charge >= 0.3 is 6.18 Å². The summed E-state index contributed by atoms with van der Waals surface area (Å²) in [5.41, 5.74) is 4.47. The van der Waals surface area contributed by atoms with Gasteiger partial charge in [0.15, 0.2) is 11.6 Å². The molecule has 82 heavy (non-hydrogen) atoms. The number of ether oxygens (including phenoxy) is 1. The number of piperazine rings is 1. The third-order valence-electron chi connectivity index (χ3n) is 16.1. The molecule has 4 aliphatic heterocycles. The molecule has 0 bridgehead atoms. The molecule has 6 heterocycles. The maximum Gasteiger partial charge on any atom is 0.408 e. The molecule has 4 aromatic carbocycles. The summed E-state index contributed by atoms with van der Waals surface area (Å²) in [5, 5.41) is 34.5. The van der Waals surface area contributed by atoms with Crippen LogP contribution in [0, 0.1) is 11.8 Å². The van der Waals surface area contributed by atoms with Crippen LogP contribution in [0.5, 0.6) is 17.2 Å². The van der Waals surface area contributed by atoms with Crippen LogP contribution in [0.1, 0.15) is 78.6 Å². The number of halogens is 3. The highest BCUT2D eigenvalue weighted by atomic mass is 32.2. The second kappa shape index (κ2) is 24.1. The van der Waals surface area contributed by atoms with E-state index in [1.807, 2.05) is 43.4 Å². The molecular formula is C58H70F3N13O7S. The average molecular weight is 1150 g/mol. The summed E-state index contributed by atoms with van der Waals surface area (Å²) in [5.74, 6) is -0.188. The van der Waals surface area contributed by atoms with Crippen LogP contribution >= 0.6 is 0 Å². The van der Waals surface area contributed by atoms with E-state index in [1.54, 1.807) is 43.4 Å². The van der Waals surface area contributed by atoms with Crippen LogP contribution in [-0.4, -0.2) is 167 Å². The van der Waals surface area contributed by atoms with Crippen molar-refractivity contribution in [3.63, 3.8) is 0 Å². The van der Waals surface area contributed by atoms with Crippen molar-refractivity contribution in [2.24, 2.45) is 11.8 Å². The van der Waals surface area contributed by atoms with E-state index in [1.165, 1.54) is 40.6 Å². The number of benzene rings is 4. The van der Waals surface area contributed by atoms with Gasteiger partial charge in [0, 0.05) is 89.5 Å². The Labute approximate surface area is 475 Å². The normalized spacial score (nSPS) is 17.6. The first kappa shape index (κ1) is 57.7. The Balaban J connectivity index is 0.687. The fourth-order valence-electron chi connectivity index (χ4n) is 11.5. The topological polar surface area (TPSA) is 218 Å². The molecule has 0 spiro atoms. The third kappa shape index (κ3) is 12.6. The lowest BCUT2D eigenvalue weighted by Crippen LogP contribution is -2.48. The number of aromatic nitrogens is 5. The number of amides is 2. The molecule has 4 aliphatic rings. The summed E-state index contributed by atoms with van der Waals surface area (Å²) in [7, 11) is -2.35. The van der Waals surface area contributed by atoms with Crippen molar-refractivity contribution in [3.8, 4) is 34.3 Å². The maximum atomic E-state index is 13.5. The van der Waals surface area contributed by atoms with Crippen LogP contribution in [0.25, 0.3) is 17.1 Å². The van der Waals surface area contributed by atoms with Crippen molar-refractivity contribution < 1.29 is 46.1 Å². The van der Waals surface area contributed by atoms with Gasteiger partial charge in [-0.25, -0.2) is 17.7 Å². The van der Waals surface area contributed by atoms with Crippen molar-refractivity contribution in [2.75, 3.05) is 105 Å². The molecule has 1 unspecified atom stereocenters. The lowest BCUT2D eigenvalue weighted by atomic mass is 9.92. The van der Waals surface area contributed by atoms with Crippen molar-refractivity contribution >= 4 is 56.4 Å². The van der Waals surface area contributed by atoms with E-state index in [2.05, 4.69) is 51.1 Å². The number of aryl methyl sites for hydroxylation is 1. The minimum atomic E-state index is -4.68. The summed E-state index contributed by atoms with van der Waals surface area (Å²) in [4.78, 5) is 47.3. The second-order valence-corrected chi connectivity index (χ2v) is 23.6. The summed E-state index contributed by atoms with van der Waals surface area (Å²) >= 11 is 0. The lowest BCUT2D eigenvalue weighted by Gasteiger charge is -2.40. The molecule has 2 aromatic heterocycles. The standard InChI is InChI=1S/C58H70F3N13O7S/c1-6-41-30-45(50(76)32-49(41)75)52-66-67-54(55(77)63-37(3)58(59,60)61)73(52)42-14-12-38(13-15-42)34-70-26-28-71(29-27-70)36-39-18-22-69(23-19-39)35-40-20-24-72(25-21-40)43-16-17-46(51(31-43)81-7-2)64-57-62-33-48-53(65-57)74(82(5,79)80)47-11-9-8-10-44(47)56(78)68(48)4/h8-17,30-33,37,39-40,75-76H,6-7,18-29,34-36H2,1-5H3,(H,63,77)(H,62,64,65). The number of sulfonamides is 1. The van der Waals surface area contributed by atoms with Crippen LogP contribution in [0.3, 0.4) is 0 Å². The van der Waals surface area contributed by atoms with Crippen LogP contribution in [-0.2, 0) is 23.0 Å². The number of aromatic hydroxyl groups is 2. The highest BCUT2D eigenvalue weighted by Crippen LogP contribution is 2.42. The molecule has 3 fully saturated rings. The van der Waals surface area contributed by atoms with Crippen molar-refractivity contribution in [3.05, 3.63) is 108 Å². The first-order valence-corrected chi connectivity index (χ1v) is 29.8. The lowest BCUT2D eigenvalue weighted by molar-refractivity contribution is -0.149.